The summed E-state index contributed by atoms with van der Waals surface area (Å²) in [5, 5.41) is 3.05. The summed E-state index contributed by atoms with van der Waals surface area (Å²) in [6.07, 6.45) is 0.905. The van der Waals surface area contributed by atoms with Crippen LogP contribution in [0.4, 0.5) is 0 Å². The summed E-state index contributed by atoms with van der Waals surface area (Å²) in [6.45, 7) is 1.38. The summed E-state index contributed by atoms with van der Waals surface area (Å²) in [4.78, 5) is 4.76. The average molecular weight is 339 g/mol. The van der Waals surface area contributed by atoms with Crippen LogP contribution in [0.25, 0.3) is 21.8 Å². The van der Waals surface area contributed by atoms with Crippen molar-refractivity contribution in [2.75, 3.05) is 20.3 Å². The molecule has 0 N–H and O–H groups in total. The van der Waals surface area contributed by atoms with E-state index in [1.165, 1.54) is 0 Å². The highest BCUT2D eigenvalue weighted by molar-refractivity contribution is 7.13. The Balaban J connectivity index is 1.63. The van der Waals surface area contributed by atoms with Gasteiger partial charge < -0.3 is 14.2 Å². The zero-order chi connectivity index (χ0) is 16.4. The molecule has 0 bridgehead atoms. The molecule has 0 fully saturated rings. The van der Waals surface area contributed by atoms with Crippen LogP contribution >= 0.6 is 11.3 Å². The first kappa shape index (κ1) is 15.0. The molecule has 4 nitrogen and oxygen atoms in total. The van der Waals surface area contributed by atoms with Crippen molar-refractivity contribution in [3.63, 3.8) is 0 Å². The van der Waals surface area contributed by atoms with Crippen molar-refractivity contribution in [3.8, 4) is 39.1 Å². The van der Waals surface area contributed by atoms with Crippen molar-refractivity contribution in [1.82, 2.24) is 4.98 Å². The number of thiazole rings is 1. The van der Waals surface area contributed by atoms with E-state index in [2.05, 4.69) is 5.38 Å². The van der Waals surface area contributed by atoms with Gasteiger partial charge in [0.1, 0.15) is 10.8 Å². The van der Waals surface area contributed by atoms with Gasteiger partial charge in [-0.2, -0.15) is 0 Å². The molecule has 5 heteroatoms. The molecule has 2 heterocycles. The number of rotatable bonds is 3. The minimum atomic E-state index is 0.685. The molecular formula is C19H17NO3S. The van der Waals surface area contributed by atoms with Gasteiger partial charge in [0.05, 0.1) is 26.0 Å². The second kappa shape index (κ2) is 6.53. The standard InChI is InChI=1S/C19H17NO3S/c1-21-15-6-3-13(4-7-15)19-20-16(12-24-19)14-5-8-17-18(11-14)23-10-2-9-22-17/h3-8,11-12H,2,9-10H2,1H3. The Labute approximate surface area is 144 Å². The highest BCUT2D eigenvalue weighted by Crippen LogP contribution is 2.36. The third-order valence-corrected chi connectivity index (χ3v) is 4.78. The van der Waals surface area contributed by atoms with Crippen LogP contribution in [0.5, 0.6) is 17.2 Å². The first-order chi connectivity index (χ1) is 11.8. The fraction of sp³-hybridized carbons (Fsp3) is 0.211. The molecule has 122 valence electrons. The Hall–Kier alpha value is -2.53. The summed E-state index contributed by atoms with van der Waals surface area (Å²) >= 11 is 1.63. The van der Waals surface area contributed by atoms with E-state index in [0.29, 0.717) is 13.2 Å². The molecule has 0 saturated carbocycles. The maximum Gasteiger partial charge on any atom is 0.161 e. The molecule has 2 aromatic carbocycles. The van der Waals surface area contributed by atoms with Crippen molar-refractivity contribution >= 4 is 11.3 Å². The van der Waals surface area contributed by atoms with Crippen molar-refractivity contribution in [2.45, 2.75) is 6.42 Å². The zero-order valence-electron chi connectivity index (χ0n) is 13.3. The van der Waals surface area contributed by atoms with Crippen LogP contribution in [0, 0.1) is 0 Å². The van der Waals surface area contributed by atoms with Crippen molar-refractivity contribution in [2.24, 2.45) is 0 Å². The lowest BCUT2D eigenvalue weighted by Crippen LogP contribution is -1.97. The summed E-state index contributed by atoms with van der Waals surface area (Å²) in [5.74, 6) is 2.45. The normalized spacial score (nSPS) is 13.4. The molecule has 0 amide bonds. The Morgan fingerprint density at radius 2 is 1.71 bits per heavy atom. The molecule has 0 unspecified atom stereocenters. The van der Waals surface area contributed by atoms with Gasteiger partial charge in [-0.25, -0.2) is 4.98 Å². The van der Waals surface area contributed by atoms with E-state index in [4.69, 9.17) is 19.2 Å². The highest BCUT2D eigenvalue weighted by atomic mass is 32.1. The predicted octanol–water partition coefficient (Wildman–Crippen LogP) is 4.65. The Morgan fingerprint density at radius 3 is 2.50 bits per heavy atom. The number of hydrogen-bond acceptors (Lipinski definition) is 5. The highest BCUT2D eigenvalue weighted by Gasteiger charge is 2.13. The summed E-state index contributed by atoms with van der Waals surface area (Å²) < 4.78 is 16.6. The summed E-state index contributed by atoms with van der Waals surface area (Å²) in [6, 6.07) is 13.9. The van der Waals surface area contributed by atoms with E-state index in [-0.39, 0.29) is 0 Å². The molecule has 1 aliphatic rings. The molecule has 0 saturated heterocycles. The van der Waals surface area contributed by atoms with Gasteiger partial charge >= 0.3 is 0 Å². The molecule has 24 heavy (non-hydrogen) atoms. The third kappa shape index (κ3) is 2.95. The molecule has 0 spiro atoms. The first-order valence-electron chi connectivity index (χ1n) is 7.83. The number of ether oxygens (including phenoxy) is 3. The van der Waals surface area contributed by atoms with E-state index in [1.807, 2.05) is 42.5 Å². The van der Waals surface area contributed by atoms with Gasteiger partial charge in [-0.05, 0) is 42.5 Å². The quantitative estimate of drug-likeness (QED) is 0.696. The molecule has 3 aromatic rings. The molecule has 0 atom stereocenters. The van der Waals surface area contributed by atoms with Gasteiger partial charge in [0.2, 0.25) is 0 Å². The Bertz CT molecular complexity index is 842. The van der Waals surface area contributed by atoms with Crippen LogP contribution in [-0.4, -0.2) is 25.3 Å². The molecule has 0 aliphatic carbocycles. The fourth-order valence-corrected chi connectivity index (χ4v) is 3.43. The van der Waals surface area contributed by atoms with E-state index in [0.717, 1.165) is 45.5 Å². The average Bonchev–Trinajstić information content (AvgIpc) is 3.01. The number of hydrogen-bond donors (Lipinski definition) is 0. The second-order valence-corrected chi connectivity index (χ2v) is 6.34. The monoisotopic (exact) mass is 339 g/mol. The minimum Gasteiger partial charge on any atom is -0.497 e. The lowest BCUT2D eigenvalue weighted by atomic mass is 10.1. The summed E-state index contributed by atoms with van der Waals surface area (Å²) in [5.41, 5.74) is 3.07. The smallest absolute Gasteiger partial charge is 0.161 e. The number of aromatic nitrogens is 1. The fourth-order valence-electron chi connectivity index (χ4n) is 2.60. The lowest BCUT2D eigenvalue weighted by Gasteiger charge is -2.08. The molecule has 1 aliphatic heterocycles. The van der Waals surface area contributed by atoms with E-state index < -0.39 is 0 Å². The van der Waals surface area contributed by atoms with Crippen molar-refractivity contribution in [1.29, 1.82) is 0 Å². The van der Waals surface area contributed by atoms with Crippen molar-refractivity contribution < 1.29 is 14.2 Å². The number of benzene rings is 2. The number of nitrogens with zero attached hydrogens (tertiary/aromatic N) is 1. The maximum absolute atomic E-state index is 5.76. The van der Waals surface area contributed by atoms with Crippen LogP contribution in [0.3, 0.4) is 0 Å². The number of fused-ring (bicyclic) bond motifs is 1. The van der Waals surface area contributed by atoms with Gasteiger partial charge in [0.25, 0.3) is 0 Å². The van der Waals surface area contributed by atoms with Gasteiger partial charge in [0.15, 0.2) is 11.5 Å². The van der Waals surface area contributed by atoms with Crippen LogP contribution in [0.2, 0.25) is 0 Å². The van der Waals surface area contributed by atoms with Gasteiger partial charge in [0, 0.05) is 22.9 Å². The lowest BCUT2D eigenvalue weighted by molar-refractivity contribution is 0.297. The third-order valence-electron chi connectivity index (χ3n) is 3.88. The van der Waals surface area contributed by atoms with Gasteiger partial charge in [-0.3, -0.25) is 0 Å². The number of methoxy groups -OCH3 is 1. The molecular weight excluding hydrogens is 322 g/mol. The maximum atomic E-state index is 5.76. The van der Waals surface area contributed by atoms with Crippen LogP contribution in [-0.2, 0) is 0 Å². The molecule has 4 rings (SSSR count). The van der Waals surface area contributed by atoms with Crippen LogP contribution in [0.1, 0.15) is 6.42 Å². The Morgan fingerprint density at radius 1 is 0.958 bits per heavy atom. The van der Waals surface area contributed by atoms with E-state index in [1.54, 1.807) is 18.4 Å². The van der Waals surface area contributed by atoms with Crippen LogP contribution < -0.4 is 14.2 Å². The van der Waals surface area contributed by atoms with Gasteiger partial charge in [-0.15, -0.1) is 11.3 Å². The molecule has 1 aromatic heterocycles. The van der Waals surface area contributed by atoms with Crippen molar-refractivity contribution in [3.05, 3.63) is 47.8 Å². The van der Waals surface area contributed by atoms with E-state index >= 15 is 0 Å². The SMILES string of the molecule is COc1ccc(-c2nc(-c3ccc4c(c3)OCCCO4)cs2)cc1. The van der Waals surface area contributed by atoms with E-state index in [9.17, 15) is 0 Å². The molecule has 0 radical (unpaired) electrons. The van der Waals surface area contributed by atoms with Crippen LogP contribution in [0.15, 0.2) is 47.8 Å². The Kier molecular flexibility index (Phi) is 4.09. The predicted molar refractivity (Wildman–Crippen MR) is 95.1 cm³/mol. The summed E-state index contributed by atoms with van der Waals surface area (Å²) in [7, 11) is 1.67. The van der Waals surface area contributed by atoms with Gasteiger partial charge in [-0.1, -0.05) is 0 Å². The topological polar surface area (TPSA) is 40.6 Å². The largest absolute Gasteiger partial charge is 0.497 e. The first-order valence-corrected chi connectivity index (χ1v) is 8.71. The minimum absolute atomic E-state index is 0.685. The zero-order valence-corrected chi connectivity index (χ0v) is 14.1. The second-order valence-electron chi connectivity index (χ2n) is 5.48.